The van der Waals surface area contributed by atoms with Gasteiger partial charge in [-0.15, -0.1) is 0 Å². The zero-order valence-electron chi connectivity index (χ0n) is 18.2. The first-order chi connectivity index (χ1) is 13.7. The SMILES string of the molecule is CCCCCCCCCCCCCCCCCOC[C@@H]1OC[C@@H](O)[C@H](O)[C@H]1O. The van der Waals surface area contributed by atoms with Crippen molar-refractivity contribution in [3.63, 3.8) is 0 Å². The molecule has 5 heteroatoms. The largest absolute Gasteiger partial charge is 0.388 e. The van der Waals surface area contributed by atoms with Crippen molar-refractivity contribution >= 4 is 0 Å². The maximum atomic E-state index is 9.83. The average molecular weight is 403 g/mol. The minimum Gasteiger partial charge on any atom is -0.388 e. The van der Waals surface area contributed by atoms with E-state index < -0.39 is 24.4 Å². The number of hydrogen-bond donors (Lipinski definition) is 3. The van der Waals surface area contributed by atoms with Gasteiger partial charge in [-0.2, -0.15) is 0 Å². The molecule has 1 heterocycles. The summed E-state index contributed by atoms with van der Waals surface area (Å²) in [7, 11) is 0. The molecule has 1 aliphatic rings. The molecule has 4 atom stereocenters. The summed E-state index contributed by atoms with van der Waals surface area (Å²) in [5.41, 5.74) is 0. The third-order valence-electron chi connectivity index (χ3n) is 5.78. The van der Waals surface area contributed by atoms with Crippen molar-refractivity contribution in [3.05, 3.63) is 0 Å². The van der Waals surface area contributed by atoms with Crippen LogP contribution in [0.25, 0.3) is 0 Å². The minimum absolute atomic E-state index is 0.0468. The highest BCUT2D eigenvalue weighted by Gasteiger charge is 2.37. The Kier molecular flexibility index (Phi) is 16.3. The van der Waals surface area contributed by atoms with Crippen molar-refractivity contribution in [3.8, 4) is 0 Å². The highest BCUT2D eigenvalue weighted by atomic mass is 16.6. The van der Waals surface area contributed by atoms with Gasteiger partial charge in [0.25, 0.3) is 0 Å². The normalized spacial score (nSPS) is 25.3. The molecule has 0 unspecified atom stereocenters. The quantitative estimate of drug-likeness (QED) is 0.297. The molecule has 1 aliphatic heterocycles. The second kappa shape index (κ2) is 17.6. The van der Waals surface area contributed by atoms with Gasteiger partial charge in [-0.1, -0.05) is 96.8 Å². The molecule has 3 N–H and O–H groups in total. The van der Waals surface area contributed by atoms with Crippen molar-refractivity contribution < 1.29 is 24.8 Å². The summed E-state index contributed by atoms with van der Waals surface area (Å²) in [4.78, 5) is 0. The highest BCUT2D eigenvalue weighted by Crippen LogP contribution is 2.16. The molecular weight excluding hydrogens is 356 g/mol. The topological polar surface area (TPSA) is 79.2 Å². The molecule has 0 saturated carbocycles. The highest BCUT2D eigenvalue weighted by molar-refractivity contribution is 4.86. The van der Waals surface area contributed by atoms with E-state index in [1.165, 1.54) is 89.9 Å². The molecule has 0 bridgehead atoms. The molecule has 0 spiro atoms. The van der Waals surface area contributed by atoms with Crippen LogP contribution in [0.3, 0.4) is 0 Å². The summed E-state index contributed by atoms with van der Waals surface area (Å²) >= 11 is 0. The lowest BCUT2D eigenvalue weighted by Crippen LogP contribution is -2.54. The average Bonchev–Trinajstić information content (AvgIpc) is 2.70. The Morgan fingerprint density at radius 1 is 0.679 bits per heavy atom. The van der Waals surface area contributed by atoms with Crippen LogP contribution in [-0.2, 0) is 9.47 Å². The standard InChI is InChI=1S/C23H46O5/c1-2-3-4-5-6-7-8-9-10-11-12-13-14-15-16-17-27-19-21-23(26)22(25)20(24)18-28-21/h20-26H,2-19H2,1H3/t20-,21+,22+,23+/m1/s1. The lowest BCUT2D eigenvalue weighted by Gasteiger charge is -2.35. The van der Waals surface area contributed by atoms with Crippen LogP contribution in [0, 0.1) is 0 Å². The van der Waals surface area contributed by atoms with Gasteiger partial charge >= 0.3 is 0 Å². The number of aliphatic hydroxyl groups is 3. The van der Waals surface area contributed by atoms with E-state index in [2.05, 4.69) is 6.92 Å². The van der Waals surface area contributed by atoms with Crippen molar-refractivity contribution in [1.82, 2.24) is 0 Å². The Labute approximate surface area is 172 Å². The van der Waals surface area contributed by atoms with Crippen molar-refractivity contribution in [1.29, 1.82) is 0 Å². The minimum atomic E-state index is -1.15. The molecule has 0 aliphatic carbocycles. The van der Waals surface area contributed by atoms with Gasteiger partial charge in [0.2, 0.25) is 0 Å². The van der Waals surface area contributed by atoms with E-state index in [4.69, 9.17) is 9.47 Å². The number of rotatable bonds is 18. The maximum absolute atomic E-state index is 9.83. The first-order valence-corrected chi connectivity index (χ1v) is 11.9. The van der Waals surface area contributed by atoms with Gasteiger partial charge in [0.1, 0.15) is 24.4 Å². The van der Waals surface area contributed by atoms with E-state index in [0.717, 1.165) is 6.42 Å². The summed E-state index contributed by atoms with van der Waals surface area (Å²) in [6, 6.07) is 0. The third-order valence-corrected chi connectivity index (χ3v) is 5.78. The van der Waals surface area contributed by atoms with Crippen LogP contribution in [0.2, 0.25) is 0 Å². The fourth-order valence-electron chi connectivity index (χ4n) is 3.79. The predicted octanol–water partition coefficient (Wildman–Crippen LogP) is 4.36. The van der Waals surface area contributed by atoms with Crippen LogP contribution in [0.4, 0.5) is 0 Å². The number of unbranched alkanes of at least 4 members (excludes halogenated alkanes) is 14. The van der Waals surface area contributed by atoms with Crippen molar-refractivity contribution in [2.75, 3.05) is 19.8 Å². The van der Waals surface area contributed by atoms with Crippen LogP contribution in [-0.4, -0.2) is 59.6 Å². The summed E-state index contributed by atoms with van der Waals surface area (Å²) in [5.74, 6) is 0. The Balaban J connectivity index is 1.77. The molecule has 0 aromatic rings. The molecule has 168 valence electrons. The van der Waals surface area contributed by atoms with E-state index in [1.54, 1.807) is 0 Å². The summed E-state index contributed by atoms with van der Waals surface area (Å²) in [6.45, 7) is 3.24. The number of hydrogen-bond acceptors (Lipinski definition) is 5. The first kappa shape index (κ1) is 25.8. The molecule has 0 radical (unpaired) electrons. The molecule has 28 heavy (non-hydrogen) atoms. The van der Waals surface area contributed by atoms with Gasteiger partial charge in [0.15, 0.2) is 0 Å². The van der Waals surface area contributed by atoms with Crippen molar-refractivity contribution in [2.45, 2.75) is 128 Å². The van der Waals surface area contributed by atoms with Gasteiger partial charge in [-0.25, -0.2) is 0 Å². The molecule has 1 saturated heterocycles. The van der Waals surface area contributed by atoms with E-state index in [1.807, 2.05) is 0 Å². The van der Waals surface area contributed by atoms with Crippen LogP contribution < -0.4 is 0 Å². The second-order valence-electron chi connectivity index (χ2n) is 8.44. The van der Waals surface area contributed by atoms with Gasteiger partial charge in [-0.05, 0) is 6.42 Å². The zero-order chi connectivity index (χ0) is 20.5. The fraction of sp³-hybridized carbons (Fsp3) is 1.00. The smallest absolute Gasteiger partial charge is 0.111 e. The van der Waals surface area contributed by atoms with Gasteiger partial charge in [0, 0.05) is 6.61 Å². The number of ether oxygens (including phenoxy) is 2. The van der Waals surface area contributed by atoms with Gasteiger partial charge in [-0.3, -0.25) is 0 Å². The number of aliphatic hydroxyl groups excluding tert-OH is 3. The fourth-order valence-corrected chi connectivity index (χ4v) is 3.79. The zero-order valence-corrected chi connectivity index (χ0v) is 18.2. The molecule has 0 aromatic heterocycles. The third kappa shape index (κ3) is 12.4. The van der Waals surface area contributed by atoms with E-state index in [-0.39, 0.29) is 13.2 Å². The van der Waals surface area contributed by atoms with Crippen molar-refractivity contribution in [2.24, 2.45) is 0 Å². The van der Waals surface area contributed by atoms with E-state index in [9.17, 15) is 15.3 Å². The second-order valence-corrected chi connectivity index (χ2v) is 8.44. The predicted molar refractivity (Wildman–Crippen MR) is 114 cm³/mol. The lowest BCUT2D eigenvalue weighted by atomic mass is 10.0. The molecule has 1 fully saturated rings. The Morgan fingerprint density at radius 3 is 1.64 bits per heavy atom. The maximum Gasteiger partial charge on any atom is 0.111 e. The summed E-state index contributed by atoms with van der Waals surface area (Å²) in [6.07, 6.45) is 16.3. The monoisotopic (exact) mass is 402 g/mol. The van der Waals surface area contributed by atoms with Gasteiger partial charge < -0.3 is 24.8 Å². The van der Waals surface area contributed by atoms with Gasteiger partial charge in [0.05, 0.1) is 13.2 Å². The Hall–Kier alpha value is -0.200. The van der Waals surface area contributed by atoms with Crippen LogP contribution in [0.1, 0.15) is 103 Å². The molecule has 0 amide bonds. The summed E-state index contributed by atoms with van der Waals surface area (Å²) < 4.78 is 10.9. The summed E-state index contributed by atoms with van der Waals surface area (Å²) in [5, 5.41) is 28.9. The molecular formula is C23H46O5. The molecule has 0 aromatic carbocycles. The van der Waals surface area contributed by atoms with E-state index in [0.29, 0.717) is 6.61 Å². The first-order valence-electron chi connectivity index (χ1n) is 11.9. The Morgan fingerprint density at radius 2 is 1.14 bits per heavy atom. The van der Waals surface area contributed by atoms with Crippen LogP contribution in [0.5, 0.6) is 0 Å². The van der Waals surface area contributed by atoms with E-state index >= 15 is 0 Å². The lowest BCUT2D eigenvalue weighted by molar-refractivity contribution is -0.199. The van der Waals surface area contributed by atoms with Crippen LogP contribution >= 0.6 is 0 Å². The molecule has 5 nitrogen and oxygen atoms in total. The molecule has 1 rings (SSSR count). The Bertz CT molecular complexity index is 339. The van der Waals surface area contributed by atoms with Crippen LogP contribution in [0.15, 0.2) is 0 Å².